The molecule has 1 aliphatic carbocycles. The topological polar surface area (TPSA) is 12.4 Å². The average molecular weight is 201 g/mol. The van der Waals surface area contributed by atoms with E-state index < -0.39 is 0 Å². The van der Waals surface area contributed by atoms with E-state index in [1.54, 1.807) is 0 Å². The van der Waals surface area contributed by atoms with Gasteiger partial charge in [-0.25, -0.2) is 0 Å². The summed E-state index contributed by atoms with van der Waals surface area (Å²) in [5.74, 6) is 0. The molecule has 0 aliphatic heterocycles. The van der Waals surface area contributed by atoms with Gasteiger partial charge >= 0.3 is 0 Å². The first-order chi connectivity index (χ1) is 7.40. The van der Waals surface area contributed by atoms with Crippen molar-refractivity contribution in [2.75, 3.05) is 0 Å². The molecule has 15 heavy (non-hydrogen) atoms. The van der Waals surface area contributed by atoms with Crippen LogP contribution in [0.3, 0.4) is 0 Å². The van der Waals surface area contributed by atoms with E-state index in [-0.39, 0.29) is 0 Å². The van der Waals surface area contributed by atoms with Gasteiger partial charge in [-0.2, -0.15) is 0 Å². The highest BCUT2D eigenvalue weighted by atomic mass is 14.8. The maximum atomic E-state index is 4.79. The molecular formula is C14H19N. The molecule has 1 saturated carbocycles. The molecule has 0 radical (unpaired) electrons. The van der Waals surface area contributed by atoms with Crippen LogP contribution in [0.5, 0.6) is 0 Å². The van der Waals surface area contributed by atoms with Gasteiger partial charge in [-0.05, 0) is 43.7 Å². The predicted octanol–water partition coefficient (Wildman–Crippen LogP) is 4.29. The van der Waals surface area contributed by atoms with Gasteiger partial charge in [0.25, 0.3) is 0 Å². The second-order valence-corrected chi connectivity index (χ2v) is 4.26. The van der Waals surface area contributed by atoms with Crippen molar-refractivity contribution >= 4 is 11.4 Å². The molecule has 1 fully saturated rings. The molecule has 0 N–H and O–H groups in total. The van der Waals surface area contributed by atoms with Crippen molar-refractivity contribution in [1.29, 1.82) is 0 Å². The van der Waals surface area contributed by atoms with Crippen LogP contribution in [-0.4, -0.2) is 5.71 Å². The standard InChI is InChI=1S/C14H19N/c1-2-7-12-8-3-6-11-14(12)15-13-9-4-5-10-13/h3,6,8,11H,2,4-5,7,9-10H2,1H3. The number of para-hydroxylation sites is 1. The first kappa shape index (κ1) is 10.4. The molecule has 0 atom stereocenters. The normalized spacial score (nSPS) is 15.7. The quantitative estimate of drug-likeness (QED) is 0.692. The van der Waals surface area contributed by atoms with E-state index in [9.17, 15) is 0 Å². The minimum atomic E-state index is 1.15. The first-order valence-corrected chi connectivity index (χ1v) is 6.04. The van der Waals surface area contributed by atoms with E-state index in [4.69, 9.17) is 4.99 Å². The van der Waals surface area contributed by atoms with Gasteiger partial charge in [-0.1, -0.05) is 31.5 Å². The Hall–Kier alpha value is -1.11. The number of hydrogen-bond acceptors (Lipinski definition) is 1. The highest BCUT2D eigenvalue weighted by molar-refractivity contribution is 5.88. The summed E-state index contributed by atoms with van der Waals surface area (Å²) in [5, 5.41) is 0. The summed E-state index contributed by atoms with van der Waals surface area (Å²) >= 11 is 0. The Morgan fingerprint density at radius 2 is 1.87 bits per heavy atom. The second kappa shape index (κ2) is 5.11. The Labute approximate surface area is 92.2 Å². The van der Waals surface area contributed by atoms with E-state index in [1.165, 1.54) is 49.1 Å². The Balaban J connectivity index is 2.22. The van der Waals surface area contributed by atoms with Gasteiger partial charge in [0.05, 0.1) is 5.69 Å². The number of benzene rings is 1. The van der Waals surface area contributed by atoms with Gasteiger partial charge in [0.1, 0.15) is 0 Å². The lowest BCUT2D eigenvalue weighted by Crippen LogP contribution is -1.89. The molecule has 1 heteroatoms. The van der Waals surface area contributed by atoms with Gasteiger partial charge in [0.2, 0.25) is 0 Å². The highest BCUT2D eigenvalue weighted by Crippen LogP contribution is 2.24. The van der Waals surface area contributed by atoms with E-state index in [2.05, 4.69) is 31.2 Å². The van der Waals surface area contributed by atoms with E-state index in [1.807, 2.05) is 0 Å². The number of rotatable bonds is 3. The van der Waals surface area contributed by atoms with Crippen LogP contribution < -0.4 is 0 Å². The van der Waals surface area contributed by atoms with Gasteiger partial charge in [0.15, 0.2) is 0 Å². The molecule has 0 spiro atoms. The molecule has 1 aromatic rings. The van der Waals surface area contributed by atoms with E-state index in [0.717, 1.165) is 6.42 Å². The molecule has 0 unspecified atom stereocenters. The van der Waals surface area contributed by atoms with Crippen molar-refractivity contribution in [3.8, 4) is 0 Å². The molecule has 1 nitrogen and oxygen atoms in total. The summed E-state index contributed by atoms with van der Waals surface area (Å²) < 4.78 is 0. The summed E-state index contributed by atoms with van der Waals surface area (Å²) in [4.78, 5) is 4.79. The monoisotopic (exact) mass is 201 g/mol. The molecule has 80 valence electrons. The second-order valence-electron chi connectivity index (χ2n) is 4.26. The minimum Gasteiger partial charge on any atom is -0.258 e. The molecule has 2 rings (SSSR count). The first-order valence-electron chi connectivity index (χ1n) is 6.04. The van der Waals surface area contributed by atoms with Crippen LogP contribution in [0.15, 0.2) is 29.3 Å². The fourth-order valence-corrected chi connectivity index (χ4v) is 2.17. The van der Waals surface area contributed by atoms with Crippen LogP contribution in [0.1, 0.15) is 44.6 Å². The molecule has 0 heterocycles. The zero-order valence-corrected chi connectivity index (χ0v) is 9.50. The smallest absolute Gasteiger partial charge is 0.0660 e. The van der Waals surface area contributed by atoms with Gasteiger partial charge < -0.3 is 0 Å². The van der Waals surface area contributed by atoms with Crippen molar-refractivity contribution in [1.82, 2.24) is 0 Å². The van der Waals surface area contributed by atoms with Crippen LogP contribution >= 0.6 is 0 Å². The number of aryl methyl sites for hydroxylation is 1. The van der Waals surface area contributed by atoms with Crippen LogP contribution in [0.25, 0.3) is 0 Å². The molecule has 0 saturated heterocycles. The predicted molar refractivity (Wildman–Crippen MR) is 66.0 cm³/mol. The van der Waals surface area contributed by atoms with Gasteiger partial charge in [0, 0.05) is 5.71 Å². The van der Waals surface area contributed by atoms with E-state index >= 15 is 0 Å². The van der Waals surface area contributed by atoms with Crippen LogP contribution in [0.4, 0.5) is 5.69 Å². The summed E-state index contributed by atoms with van der Waals surface area (Å²) in [5.41, 5.74) is 4.01. The average Bonchev–Trinajstić information content (AvgIpc) is 2.74. The largest absolute Gasteiger partial charge is 0.258 e. The van der Waals surface area contributed by atoms with Crippen molar-refractivity contribution in [2.24, 2.45) is 4.99 Å². The zero-order valence-electron chi connectivity index (χ0n) is 9.50. The lowest BCUT2D eigenvalue weighted by Gasteiger charge is -2.04. The number of nitrogens with zero attached hydrogens (tertiary/aromatic N) is 1. The molecule has 1 aromatic carbocycles. The van der Waals surface area contributed by atoms with Gasteiger partial charge in [-0.15, -0.1) is 0 Å². The van der Waals surface area contributed by atoms with Crippen molar-refractivity contribution in [2.45, 2.75) is 45.4 Å². The fraction of sp³-hybridized carbons (Fsp3) is 0.500. The van der Waals surface area contributed by atoms with Crippen LogP contribution in [0.2, 0.25) is 0 Å². The summed E-state index contributed by atoms with van der Waals surface area (Å²) in [6, 6.07) is 8.56. The maximum absolute atomic E-state index is 4.79. The Kier molecular flexibility index (Phi) is 3.54. The highest BCUT2D eigenvalue weighted by Gasteiger charge is 2.08. The zero-order chi connectivity index (χ0) is 10.5. The van der Waals surface area contributed by atoms with Crippen LogP contribution in [0, 0.1) is 0 Å². The van der Waals surface area contributed by atoms with Crippen molar-refractivity contribution < 1.29 is 0 Å². The molecule has 0 aromatic heterocycles. The maximum Gasteiger partial charge on any atom is 0.0660 e. The van der Waals surface area contributed by atoms with Crippen LogP contribution in [-0.2, 0) is 6.42 Å². The Bertz CT molecular complexity index is 344. The van der Waals surface area contributed by atoms with Crippen molar-refractivity contribution in [3.63, 3.8) is 0 Å². The third kappa shape index (κ3) is 2.68. The van der Waals surface area contributed by atoms with Crippen molar-refractivity contribution in [3.05, 3.63) is 29.8 Å². The molecule has 0 bridgehead atoms. The Morgan fingerprint density at radius 3 is 2.60 bits per heavy atom. The third-order valence-electron chi connectivity index (χ3n) is 2.97. The third-order valence-corrected chi connectivity index (χ3v) is 2.97. The lowest BCUT2D eigenvalue weighted by molar-refractivity contribution is 0.886. The summed E-state index contributed by atoms with van der Waals surface area (Å²) in [6.07, 6.45) is 7.42. The molecular weight excluding hydrogens is 182 g/mol. The fourth-order valence-electron chi connectivity index (χ4n) is 2.17. The number of aliphatic imine (C=N–C) groups is 1. The van der Waals surface area contributed by atoms with Gasteiger partial charge in [-0.3, -0.25) is 4.99 Å². The number of hydrogen-bond donors (Lipinski definition) is 0. The molecule has 0 amide bonds. The minimum absolute atomic E-state index is 1.15. The van der Waals surface area contributed by atoms with E-state index in [0.29, 0.717) is 0 Å². The lowest BCUT2D eigenvalue weighted by atomic mass is 10.1. The summed E-state index contributed by atoms with van der Waals surface area (Å²) in [6.45, 7) is 2.22. The summed E-state index contributed by atoms with van der Waals surface area (Å²) in [7, 11) is 0. The Morgan fingerprint density at radius 1 is 1.13 bits per heavy atom. The SMILES string of the molecule is CCCc1ccccc1N=C1CCCC1. The molecule has 1 aliphatic rings.